The molecule has 0 unspecified atom stereocenters. The van der Waals surface area contributed by atoms with Gasteiger partial charge < -0.3 is 10.6 Å². The minimum Gasteiger partial charge on any atom is -0.344 e. The molecular weight excluding hydrogens is 243 g/mol. The zero-order valence-corrected chi connectivity index (χ0v) is 8.58. The van der Waals surface area contributed by atoms with E-state index >= 15 is 0 Å². The van der Waals surface area contributed by atoms with Crippen molar-refractivity contribution in [2.75, 3.05) is 19.6 Å². The molecule has 0 saturated carbocycles. The second-order valence-electron chi connectivity index (χ2n) is 1.93. The molecule has 1 amide bonds. The maximum absolute atomic E-state index is 10.2. The van der Waals surface area contributed by atoms with Crippen LogP contribution >= 0.6 is 24.0 Å². The zero-order valence-electron chi connectivity index (χ0n) is 6.25. The Morgan fingerprint density at radius 3 is 2.40 bits per heavy atom. The first kappa shape index (κ1) is 12.8. The second kappa shape index (κ2) is 9.16. The molecule has 0 aliphatic carbocycles. The first-order valence-electron chi connectivity index (χ1n) is 3.24. The summed E-state index contributed by atoms with van der Waals surface area (Å²) in [5.41, 5.74) is 5.23. The lowest BCUT2D eigenvalue weighted by atomic mass is 10.4. The molecule has 3 nitrogen and oxygen atoms in total. The quantitative estimate of drug-likeness (QED) is 0.574. The van der Waals surface area contributed by atoms with Crippen molar-refractivity contribution in [2.45, 2.75) is 13.3 Å². The summed E-state index contributed by atoms with van der Waals surface area (Å²) < 4.78 is 0. The Morgan fingerprint density at radius 1 is 1.50 bits per heavy atom. The molecule has 0 bridgehead atoms. The van der Waals surface area contributed by atoms with Crippen LogP contribution in [0, 0.1) is 0 Å². The van der Waals surface area contributed by atoms with Gasteiger partial charge in [0.1, 0.15) is 0 Å². The molecule has 0 aromatic heterocycles. The van der Waals surface area contributed by atoms with Gasteiger partial charge in [-0.15, -0.1) is 24.0 Å². The van der Waals surface area contributed by atoms with Crippen LogP contribution in [0.25, 0.3) is 0 Å². The monoisotopic (exact) mass is 258 g/mol. The Kier molecular flexibility index (Phi) is 11.7. The van der Waals surface area contributed by atoms with Crippen molar-refractivity contribution in [1.82, 2.24) is 4.90 Å². The number of carbonyl (C=O) groups excluding carboxylic acids is 1. The molecule has 62 valence electrons. The summed E-state index contributed by atoms with van der Waals surface area (Å²) in [7, 11) is 0. The first-order chi connectivity index (χ1) is 4.35. The predicted molar refractivity (Wildman–Crippen MR) is 52.4 cm³/mol. The van der Waals surface area contributed by atoms with Gasteiger partial charge in [0, 0.05) is 19.6 Å². The molecule has 0 atom stereocenters. The van der Waals surface area contributed by atoms with Gasteiger partial charge in [-0.05, 0) is 6.42 Å². The predicted octanol–water partition coefficient (Wildman–Crippen LogP) is 0.431. The largest absolute Gasteiger partial charge is 0.344 e. The van der Waals surface area contributed by atoms with Crippen molar-refractivity contribution in [1.29, 1.82) is 0 Å². The van der Waals surface area contributed by atoms with E-state index in [1.807, 2.05) is 6.92 Å². The molecule has 0 aliphatic rings. The van der Waals surface area contributed by atoms with Gasteiger partial charge in [-0.3, -0.25) is 4.79 Å². The maximum Gasteiger partial charge on any atom is 0.209 e. The lowest BCUT2D eigenvalue weighted by Gasteiger charge is -2.13. The number of amides is 1. The summed E-state index contributed by atoms with van der Waals surface area (Å²) in [6, 6.07) is 0. The van der Waals surface area contributed by atoms with Crippen LogP contribution in [-0.2, 0) is 4.79 Å². The fourth-order valence-electron chi connectivity index (χ4n) is 0.670. The van der Waals surface area contributed by atoms with Crippen molar-refractivity contribution >= 4 is 30.4 Å². The minimum absolute atomic E-state index is 0. The van der Waals surface area contributed by atoms with E-state index in [4.69, 9.17) is 5.73 Å². The van der Waals surface area contributed by atoms with E-state index in [1.165, 1.54) is 0 Å². The number of hydrogen-bond donors (Lipinski definition) is 1. The lowest BCUT2D eigenvalue weighted by Crippen LogP contribution is -2.28. The molecule has 0 saturated heterocycles. The van der Waals surface area contributed by atoms with Gasteiger partial charge in [0.2, 0.25) is 6.41 Å². The molecule has 0 aromatic carbocycles. The van der Waals surface area contributed by atoms with Crippen LogP contribution in [-0.4, -0.2) is 30.9 Å². The Labute approximate surface area is 79.0 Å². The van der Waals surface area contributed by atoms with Crippen LogP contribution in [0.4, 0.5) is 0 Å². The van der Waals surface area contributed by atoms with Gasteiger partial charge in [-0.25, -0.2) is 0 Å². The first-order valence-corrected chi connectivity index (χ1v) is 3.24. The molecule has 0 heterocycles. The van der Waals surface area contributed by atoms with E-state index < -0.39 is 0 Å². The van der Waals surface area contributed by atoms with E-state index in [0.29, 0.717) is 13.1 Å². The SMILES string of the molecule is CCCN(C=O)CCN.I. The van der Waals surface area contributed by atoms with Crippen LogP contribution < -0.4 is 5.73 Å². The molecule has 2 N–H and O–H groups in total. The third kappa shape index (κ3) is 6.28. The Morgan fingerprint density at radius 2 is 2.10 bits per heavy atom. The highest BCUT2D eigenvalue weighted by Gasteiger charge is 1.94. The highest BCUT2D eigenvalue weighted by atomic mass is 127. The van der Waals surface area contributed by atoms with Crippen molar-refractivity contribution < 1.29 is 4.79 Å². The molecule has 0 fully saturated rings. The smallest absolute Gasteiger partial charge is 0.209 e. The molecular formula is C6H15IN2O. The van der Waals surface area contributed by atoms with Crippen LogP contribution in [0.15, 0.2) is 0 Å². The maximum atomic E-state index is 10.2. The third-order valence-corrected chi connectivity index (χ3v) is 1.08. The number of nitrogens with two attached hydrogens (primary N) is 1. The topological polar surface area (TPSA) is 46.3 Å². The van der Waals surface area contributed by atoms with Crippen molar-refractivity contribution in [3.63, 3.8) is 0 Å². The molecule has 0 aromatic rings. The highest BCUT2D eigenvalue weighted by molar-refractivity contribution is 14.0. The average molecular weight is 258 g/mol. The van der Waals surface area contributed by atoms with E-state index in [2.05, 4.69) is 0 Å². The lowest BCUT2D eigenvalue weighted by molar-refractivity contribution is -0.118. The van der Waals surface area contributed by atoms with Crippen molar-refractivity contribution in [2.24, 2.45) is 5.73 Å². The summed E-state index contributed by atoms with van der Waals surface area (Å²) in [4.78, 5) is 11.8. The van der Waals surface area contributed by atoms with E-state index in [9.17, 15) is 4.79 Å². The van der Waals surface area contributed by atoms with Crippen molar-refractivity contribution in [3.05, 3.63) is 0 Å². The van der Waals surface area contributed by atoms with Gasteiger partial charge in [-0.2, -0.15) is 0 Å². The zero-order chi connectivity index (χ0) is 7.11. The van der Waals surface area contributed by atoms with Gasteiger partial charge >= 0.3 is 0 Å². The molecule has 0 rings (SSSR count). The number of halogens is 1. The number of hydrogen-bond acceptors (Lipinski definition) is 2. The summed E-state index contributed by atoms with van der Waals surface area (Å²) in [5.74, 6) is 0. The fourth-order valence-corrected chi connectivity index (χ4v) is 0.670. The summed E-state index contributed by atoms with van der Waals surface area (Å²) in [6.07, 6.45) is 1.84. The third-order valence-electron chi connectivity index (χ3n) is 1.08. The van der Waals surface area contributed by atoms with Gasteiger partial charge in [0.05, 0.1) is 0 Å². The molecule has 0 radical (unpaired) electrons. The van der Waals surface area contributed by atoms with Crippen LogP contribution in [0.1, 0.15) is 13.3 Å². The van der Waals surface area contributed by atoms with Gasteiger partial charge in [0.15, 0.2) is 0 Å². The minimum atomic E-state index is 0. The Balaban J connectivity index is 0. The number of carbonyl (C=O) groups is 1. The van der Waals surface area contributed by atoms with E-state index in [1.54, 1.807) is 4.90 Å². The Hall–Kier alpha value is 0.160. The number of rotatable bonds is 5. The van der Waals surface area contributed by atoms with Crippen LogP contribution in [0.3, 0.4) is 0 Å². The molecule has 0 aliphatic heterocycles. The molecule has 0 spiro atoms. The Bertz CT molecular complexity index is 74.1. The summed E-state index contributed by atoms with van der Waals surface area (Å²) in [5, 5.41) is 0. The van der Waals surface area contributed by atoms with Crippen molar-refractivity contribution in [3.8, 4) is 0 Å². The molecule has 4 heteroatoms. The van der Waals surface area contributed by atoms with E-state index in [-0.39, 0.29) is 24.0 Å². The standard InChI is InChI=1S/C6H14N2O.HI/c1-2-4-8(6-9)5-3-7;/h6H,2-5,7H2,1H3;1H. The second-order valence-corrected chi connectivity index (χ2v) is 1.93. The summed E-state index contributed by atoms with van der Waals surface area (Å²) in [6.45, 7) is 4.09. The van der Waals surface area contributed by atoms with E-state index in [0.717, 1.165) is 19.4 Å². The normalized spacial score (nSPS) is 8.20. The fraction of sp³-hybridized carbons (Fsp3) is 0.833. The number of nitrogens with zero attached hydrogens (tertiary/aromatic N) is 1. The van der Waals surface area contributed by atoms with Crippen LogP contribution in [0.2, 0.25) is 0 Å². The van der Waals surface area contributed by atoms with Gasteiger partial charge in [-0.1, -0.05) is 6.92 Å². The summed E-state index contributed by atoms with van der Waals surface area (Å²) >= 11 is 0. The van der Waals surface area contributed by atoms with Crippen LogP contribution in [0.5, 0.6) is 0 Å². The average Bonchev–Trinajstić information content (AvgIpc) is 1.88. The van der Waals surface area contributed by atoms with Gasteiger partial charge in [0.25, 0.3) is 0 Å². The molecule has 10 heavy (non-hydrogen) atoms. The highest BCUT2D eigenvalue weighted by Crippen LogP contribution is 1.83.